The van der Waals surface area contributed by atoms with Crippen LogP contribution in [0.1, 0.15) is 12.8 Å². The fourth-order valence-corrected chi connectivity index (χ4v) is 1.46. The van der Waals surface area contributed by atoms with E-state index in [1.165, 1.54) is 0 Å². The van der Waals surface area contributed by atoms with E-state index in [1.807, 2.05) is 0 Å². The zero-order valence-electron chi connectivity index (χ0n) is 10.3. The van der Waals surface area contributed by atoms with Gasteiger partial charge in [-0.25, -0.2) is 13.2 Å². The molecule has 1 aromatic heterocycles. The summed E-state index contributed by atoms with van der Waals surface area (Å²) >= 11 is 0. The van der Waals surface area contributed by atoms with Crippen molar-refractivity contribution >= 4 is 5.97 Å². The van der Waals surface area contributed by atoms with Gasteiger partial charge in [0.05, 0.1) is 6.61 Å². The minimum Gasteiger partial charge on any atom is -0.466 e. The number of rotatable bonds is 4. The van der Waals surface area contributed by atoms with E-state index in [0.29, 0.717) is 0 Å². The summed E-state index contributed by atoms with van der Waals surface area (Å²) in [7, 11) is 0. The van der Waals surface area contributed by atoms with Gasteiger partial charge in [0.2, 0.25) is 11.7 Å². The fourth-order valence-electron chi connectivity index (χ4n) is 1.46. The van der Waals surface area contributed by atoms with Gasteiger partial charge >= 0.3 is 5.97 Å². The van der Waals surface area contributed by atoms with Gasteiger partial charge in [-0.2, -0.15) is 4.98 Å². The maximum absolute atomic E-state index is 13.1. The van der Waals surface area contributed by atoms with Gasteiger partial charge in [0.15, 0.2) is 17.5 Å². The Morgan fingerprint density at radius 3 is 2.55 bits per heavy atom. The summed E-state index contributed by atoms with van der Waals surface area (Å²) in [6, 6.07) is 1.47. The first kappa shape index (κ1) is 14.0. The first-order valence-corrected chi connectivity index (χ1v) is 5.64. The number of esters is 1. The topological polar surface area (TPSA) is 65.2 Å². The monoisotopic (exact) mass is 286 g/mol. The van der Waals surface area contributed by atoms with Gasteiger partial charge in [-0.15, -0.1) is 0 Å². The molecule has 0 fully saturated rings. The average molecular weight is 286 g/mol. The van der Waals surface area contributed by atoms with Crippen LogP contribution in [-0.2, 0) is 16.0 Å². The molecule has 5 nitrogen and oxygen atoms in total. The second-order valence-corrected chi connectivity index (χ2v) is 3.75. The first-order chi connectivity index (χ1) is 9.51. The Kier molecular flexibility index (Phi) is 4.02. The number of benzene rings is 1. The third-order valence-corrected chi connectivity index (χ3v) is 2.31. The van der Waals surface area contributed by atoms with Crippen molar-refractivity contribution in [1.82, 2.24) is 10.1 Å². The number of carbonyl (C=O) groups is 1. The van der Waals surface area contributed by atoms with E-state index in [2.05, 4.69) is 14.9 Å². The summed E-state index contributed by atoms with van der Waals surface area (Å²) in [6.45, 7) is 1.84. The summed E-state index contributed by atoms with van der Waals surface area (Å²) < 4.78 is 48.4. The van der Waals surface area contributed by atoms with Crippen LogP contribution in [0.5, 0.6) is 0 Å². The highest BCUT2D eigenvalue weighted by atomic mass is 19.2. The lowest BCUT2D eigenvalue weighted by Gasteiger charge is -1.98. The molecule has 8 heteroatoms. The Morgan fingerprint density at radius 2 is 1.95 bits per heavy atom. The van der Waals surface area contributed by atoms with Crippen LogP contribution in [0.3, 0.4) is 0 Å². The lowest BCUT2D eigenvalue weighted by Crippen LogP contribution is -2.07. The number of hydrogen-bond donors (Lipinski definition) is 0. The van der Waals surface area contributed by atoms with Crippen LogP contribution in [0.2, 0.25) is 0 Å². The number of nitrogens with zero attached hydrogens (tertiary/aromatic N) is 2. The van der Waals surface area contributed by atoms with Crippen molar-refractivity contribution in [2.45, 2.75) is 13.3 Å². The molecule has 106 valence electrons. The van der Waals surface area contributed by atoms with E-state index >= 15 is 0 Å². The molecular formula is C12H9F3N2O3. The molecule has 0 atom stereocenters. The molecule has 0 N–H and O–H groups in total. The van der Waals surface area contributed by atoms with Crippen LogP contribution in [0, 0.1) is 17.5 Å². The molecule has 0 radical (unpaired) electrons. The second kappa shape index (κ2) is 5.72. The molecule has 2 aromatic rings. The van der Waals surface area contributed by atoms with Crippen molar-refractivity contribution in [3.8, 4) is 11.4 Å². The normalized spacial score (nSPS) is 10.6. The molecule has 0 aliphatic heterocycles. The van der Waals surface area contributed by atoms with Crippen LogP contribution in [0.25, 0.3) is 11.4 Å². The number of ether oxygens (including phenoxy) is 1. The highest BCUT2D eigenvalue weighted by Crippen LogP contribution is 2.21. The molecule has 20 heavy (non-hydrogen) atoms. The van der Waals surface area contributed by atoms with Crippen molar-refractivity contribution in [2.75, 3.05) is 6.61 Å². The SMILES string of the molecule is CCOC(=O)Cc1nc(-c2cc(F)c(F)c(F)c2)no1. The predicted molar refractivity (Wildman–Crippen MR) is 59.9 cm³/mol. The summed E-state index contributed by atoms with van der Waals surface area (Å²) in [5.41, 5.74) is -0.0970. The van der Waals surface area contributed by atoms with Gasteiger partial charge in [-0.05, 0) is 19.1 Å². The predicted octanol–water partition coefficient (Wildman–Crippen LogP) is 2.26. The average Bonchev–Trinajstić information content (AvgIpc) is 2.84. The molecule has 0 aliphatic rings. The molecule has 0 saturated carbocycles. The zero-order valence-corrected chi connectivity index (χ0v) is 10.3. The van der Waals surface area contributed by atoms with Crippen molar-refractivity contribution in [1.29, 1.82) is 0 Å². The molecular weight excluding hydrogens is 277 g/mol. The molecule has 0 unspecified atom stereocenters. The molecule has 2 rings (SSSR count). The number of hydrogen-bond acceptors (Lipinski definition) is 5. The van der Waals surface area contributed by atoms with E-state index < -0.39 is 23.4 Å². The molecule has 0 bridgehead atoms. The Bertz CT molecular complexity index is 620. The standard InChI is InChI=1S/C12H9F3N2O3/c1-2-19-10(18)5-9-16-12(17-20-9)6-3-7(13)11(15)8(14)4-6/h3-4H,2,5H2,1H3. The summed E-state index contributed by atoms with van der Waals surface area (Å²) in [4.78, 5) is 15.0. The Morgan fingerprint density at radius 1 is 1.30 bits per heavy atom. The Hall–Kier alpha value is -2.38. The molecule has 0 amide bonds. The maximum atomic E-state index is 13.1. The van der Waals surface area contributed by atoms with Crippen molar-refractivity contribution in [3.05, 3.63) is 35.5 Å². The molecule has 0 spiro atoms. The van der Waals surface area contributed by atoms with Gasteiger partial charge < -0.3 is 9.26 Å². The van der Waals surface area contributed by atoms with Crippen LogP contribution in [-0.4, -0.2) is 22.7 Å². The van der Waals surface area contributed by atoms with E-state index in [-0.39, 0.29) is 30.3 Å². The third kappa shape index (κ3) is 2.95. The maximum Gasteiger partial charge on any atom is 0.315 e. The van der Waals surface area contributed by atoms with E-state index in [9.17, 15) is 18.0 Å². The molecule has 1 heterocycles. The van der Waals surface area contributed by atoms with E-state index in [4.69, 9.17) is 4.52 Å². The van der Waals surface area contributed by atoms with Gasteiger partial charge in [-0.3, -0.25) is 4.79 Å². The number of carbonyl (C=O) groups excluding carboxylic acids is 1. The van der Waals surface area contributed by atoms with Crippen LogP contribution < -0.4 is 0 Å². The van der Waals surface area contributed by atoms with Gasteiger partial charge in [0.25, 0.3) is 0 Å². The highest BCUT2D eigenvalue weighted by molar-refractivity contribution is 5.71. The van der Waals surface area contributed by atoms with Gasteiger partial charge in [0.1, 0.15) is 6.42 Å². The number of halogens is 3. The van der Waals surface area contributed by atoms with Crippen LogP contribution in [0.15, 0.2) is 16.7 Å². The number of aromatic nitrogens is 2. The van der Waals surface area contributed by atoms with Gasteiger partial charge in [0, 0.05) is 5.56 Å². The van der Waals surface area contributed by atoms with E-state index in [1.54, 1.807) is 6.92 Å². The lowest BCUT2D eigenvalue weighted by atomic mass is 10.2. The van der Waals surface area contributed by atoms with Crippen molar-refractivity contribution in [2.24, 2.45) is 0 Å². The third-order valence-electron chi connectivity index (χ3n) is 2.31. The van der Waals surface area contributed by atoms with Gasteiger partial charge in [-0.1, -0.05) is 5.16 Å². The van der Waals surface area contributed by atoms with Crippen molar-refractivity contribution < 1.29 is 27.2 Å². The lowest BCUT2D eigenvalue weighted by molar-refractivity contribution is -0.142. The minimum atomic E-state index is -1.58. The summed E-state index contributed by atoms with van der Waals surface area (Å²) in [5, 5.41) is 3.46. The van der Waals surface area contributed by atoms with Crippen molar-refractivity contribution in [3.63, 3.8) is 0 Å². The Balaban J connectivity index is 2.22. The second-order valence-electron chi connectivity index (χ2n) is 3.75. The minimum absolute atomic E-state index is 0.0661. The van der Waals surface area contributed by atoms with Crippen LogP contribution in [0.4, 0.5) is 13.2 Å². The summed E-state index contributed by atoms with van der Waals surface area (Å²) in [5.74, 6) is -5.10. The zero-order chi connectivity index (χ0) is 14.7. The Labute approximate surface area is 111 Å². The van der Waals surface area contributed by atoms with Crippen LogP contribution >= 0.6 is 0 Å². The smallest absolute Gasteiger partial charge is 0.315 e. The molecule has 1 aromatic carbocycles. The fraction of sp³-hybridized carbons (Fsp3) is 0.250. The quantitative estimate of drug-likeness (QED) is 0.637. The molecule has 0 saturated heterocycles. The summed E-state index contributed by atoms with van der Waals surface area (Å²) in [6.07, 6.45) is -0.257. The molecule has 0 aliphatic carbocycles. The van der Waals surface area contributed by atoms with E-state index in [0.717, 1.165) is 12.1 Å². The largest absolute Gasteiger partial charge is 0.466 e. The first-order valence-electron chi connectivity index (χ1n) is 5.64. The highest BCUT2D eigenvalue weighted by Gasteiger charge is 2.17.